The molecule has 1 aliphatic heterocycles. The normalized spacial score (nSPS) is 17.9. The van der Waals surface area contributed by atoms with Crippen LogP contribution in [0, 0.1) is 0 Å². The van der Waals surface area contributed by atoms with Gasteiger partial charge in [0.05, 0.1) is 16.7 Å². The molecule has 2 N–H and O–H groups in total. The number of nitrogen functional groups attached to an aromatic ring is 1. The number of likely N-dealkylation sites (tertiary alicyclic amines) is 1. The first-order chi connectivity index (χ1) is 9.20. The van der Waals surface area contributed by atoms with Crippen LogP contribution in [0.1, 0.15) is 23.8 Å². The Morgan fingerprint density at radius 1 is 1.37 bits per heavy atom. The van der Waals surface area contributed by atoms with Crippen LogP contribution < -0.4 is 5.73 Å². The molecule has 0 radical (unpaired) electrons. The van der Waals surface area contributed by atoms with Crippen molar-refractivity contribution in [3.63, 3.8) is 0 Å². The summed E-state index contributed by atoms with van der Waals surface area (Å²) in [5.41, 5.74) is 5.66. The van der Waals surface area contributed by atoms with Crippen molar-refractivity contribution in [2.24, 2.45) is 0 Å². The summed E-state index contributed by atoms with van der Waals surface area (Å²) in [6, 6.07) is 0.522. The topological polar surface area (TPSA) is 60.0 Å². The van der Waals surface area contributed by atoms with Gasteiger partial charge >= 0.3 is 0 Å². The van der Waals surface area contributed by atoms with Crippen LogP contribution in [0.15, 0.2) is 23.1 Å². The van der Waals surface area contributed by atoms with Crippen molar-refractivity contribution in [1.82, 2.24) is 19.7 Å². The molecule has 0 unspecified atom stereocenters. The maximum Gasteiger partial charge on any atom is 0.180 e. The highest BCUT2D eigenvalue weighted by molar-refractivity contribution is 9.10. The fraction of sp³-hybridized carbons (Fsp3) is 0.500. The zero-order valence-electron chi connectivity index (χ0n) is 10.5. The number of halogens is 1. The number of hydrogen-bond acceptors (Lipinski definition) is 5. The number of rotatable bonds is 3. The second-order valence-electron chi connectivity index (χ2n) is 4.81. The minimum atomic E-state index is 0.522. The van der Waals surface area contributed by atoms with Gasteiger partial charge in [0.1, 0.15) is 0 Å². The van der Waals surface area contributed by atoms with Gasteiger partial charge in [-0.25, -0.2) is 4.98 Å². The van der Waals surface area contributed by atoms with E-state index < -0.39 is 0 Å². The number of piperidine rings is 1. The third-order valence-corrected chi connectivity index (χ3v) is 4.67. The molecule has 102 valence electrons. The highest BCUT2D eigenvalue weighted by atomic mass is 79.9. The van der Waals surface area contributed by atoms with Crippen LogP contribution in [0.25, 0.3) is 0 Å². The lowest BCUT2D eigenvalue weighted by atomic mass is 10.1. The molecule has 0 aromatic carbocycles. The third kappa shape index (κ3) is 3.16. The van der Waals surface area contributed by atoms with Crippen molar-refractivity contribution in [1.29, 1.82) is 0 Å². The van der Waals surface area contributed by atoms with E-state index in [1.165, 1.54) is 4.88 Å². The molecule has 3 rings (SSSR count). The zero-order valence-corrected chi connectivity index (χ0v) is 12.9. The Labute approximate surface area is 124 Å². The molecule has 2 aromatic heterocycles. The number of thiazole rings is 1. The van der Waals surface area contributed by atoms with Crippen LogP contribution in [0.3, 0.4) is 0 Å². The summed E-state index contributed by atoms with van der Waals surface area (Å²) in [6.07, 6.45) is 8.08. The van der Waals surface area contributed by atoms with Crippen molar-refractivity contribution in [3.8, 4) is 0 Å². The third-order valence-electron chi connectivity index (χ3n) is 3.45. The summed E-state index contributed by atoms with van der Waals surface area (Å²) in [6.45, 7) is 3.16. The summed E-state index contributed by atoms with van der Waals surface area (Å²) in [4.78, 5) is 7.81. The van der Waals surface area contributed by atoms with Crippen molar-refractivity contribution < 1.29 is 0 Å². The zero-order chi connectivity index (χ0) is 13.2. The van der Waals surface area contributed by atoms with Crippen LogP contribution in [0.4, 0.5) is 5.13 Å². The first-order valence-corrected chi connectivity index (χ1v) is 7.94. The van der Waals surface area contributed by atoms with Gasteiger partial charge in [-0.3, -0.25) is 9.58 Å². The molecule has 0 atom stereocenters. The molecule has 0 spiro atoms. The first kappa shape index (κ1) is 13.1. The second kappa shape index (κ2) is 5.60. The molecule has 0 amide bonds. The monoisotopic (exact) mass is 341 g/mol. The van der Waals surface area contributed by atoms with Crippen molar-refractivity contribution in [3.05, 3.63) is 27.9 Å². The average Bonchev–Trinajstić information content (AvgIpc) is 3.00. The van der Waals surface area contributed by atoms with E-state index in [9.17, 15) is 0 Å². The van der Waals surface area contributed by atoms with E-state index in [4.69, 9.17) is 5.73 Å². The predicted octanol–water partition coefficient (Wildman–Crippen LogP) is 2.52. The molecule has 0 aliphatic carbocycles. The maximum atomic E-state index is 5.66. The van der Waals surface area contributed by atoms with E-state index in [1.54, 1.807) is 11.3 Å². The Morgan fingerprint density at radius 3 is 2.74 bits per heavy atom. The number of anilines is 1. The molecule has 7 heteroatoms. The molecule has 0 bridgehead atoms. The van der Waals surface area contributed by atoms with Crippen molar-refractivity contribution in [2.45, 2.75) is 25.4 Å². The summed E-state index contributed by atoms with van der Waals surface area (Å²) in [5.74, 6) is 0. The Hall–Kier alpha value is -0.920. The maximum absolute atomic E-state index is 5.66. The van der Waals surface area contributed by atoms with Crippen LogP contribution in [-0.2, 0) is 6.54 Å². The number of aromatic nitrogens is 3. The minimum absolute atomic E-state index is 0.522. The van der Waals surface area contributed by atoms with E-state index in [0.29, 0.717) is 11.2 Å². The molecular formula is C12H16BrN5S. The van der Waals surface area contributed by atoms with Gasteiger partial charge in [0.2, 0.25) is 0 Å². The fourth-order valence-electron chi connectivity index (χ4n) is 2.47. The molecule has 1 fully saturated rings. The Kier molecular flexibility index (Phi) is 3.86. The number of nitrogens with zero attached hydrogens (tertiary/aromatic N) is 4. The van der Waals surface area contributed by atoms with Gasteiger partial charge in [-0.05, 0) is 28.8 Å². The Balaban J connectivity index is 1.54. The first-order valence-electron chi connectivity index (χ1n) is 6.33. The van der Waals surface area contributed by atoms with E-state index in [-0.39, 0.29) is 0 Å². The lowest BCUT2D eigenvalue weighted by Crippen LogP contribution is -2.34. The quantitative estimate of drug-likeness (QED) is 0.931. The fourth-order valence-corrected chi connectivity index (χ4v) is 3.50. The van der Waals surface area contributed by atoms with E-state index in [1.807, 2.05) is 12.4 Å². The smallest absolute Gasteiger partial charge is 0.180 e. The standard InChI is InChI=1S/C12H16BrN5S/c13-9-5-16-18(7-9)10-1-3-17(4-2-10)8-11-6-15-12(14)19-11/h5-7,10H,1-4,8H2,(H2,14,15). The summed E-state index contributed by atoms with van der Waals surface area (Å²) < 4.78 is 3.13. The van der Waals surface area contributed by atoms with Gasteiger partial charge in [0, 0.05) is 36.9 Å². The predicted molar refractivity (Wildman–Crippen MR) is 80.0 cm³/mol. The summed E-state index contributed by atoms with van der Waals surface area (Å²) in [5, 5.41) is 5.04. The summed E-state index contributed by atoms with van der Waals surface area (Å²) in [7, 11) is 0. The van der Waals surface area contributed by atoms with Crippen molar-refractivity contribution >= 4 is 32.4 Å². The molecule has 19 heavy (non-hydrogen) atoms. The minimum Gasteiger partial charge on any atom is -0.375 e. The average molecular weight is 342 g/mol. The van der Waals surface area contributed by atoms with Crippen molar-refractivity contribution in [2.75, 3.05) is 18.8 Å². The summed E-state index contributed by atoms with van der Waals surface area (Å²) >= 11 is 5.03. The SMILES string of the molecule is Nc1ncc(CN2CCC(n3cc(Br)cn3)CC2)s1. The molecule has 1 saturated heterocycles. The van der Waals surface area contributed by atoms with Gasteiger partial charge in [0.15, 0.2) is 5.13 Å². The highest BCUT2D eigenvalue weighted by Gasteiger charge is 2.21. The van der Waals surface area contributed by atoms with E-state index >= 15 is 0 Å². The molecular weight excluding hydrogens is 326 g/mol. The van der Waals surface area contributed by atoms with Gasteiger partial charge in [-0.1, -0.05) is 0 Å². The lowest BCUT2D eigenvalue weighted by molar-refractivity contribution is 0.174. The van der Waals surface area contributed by atoms with Gasteiger partial charge in [-0.2, -0.15) is 5.10 Å². The molecule has 2 aromatic rings. The van der Waals surface area contributed by atoms with E-state index in [0.717, 1.165) is 36.9 Å². The van der Waals surface area contributed by atoms with Crippen LogP contribution >= 0.6 is 27.3 Å². The molecule has 5 nitrogen and oxygen atoms in total. The van der Waals surface area contributed by atoms with E-state index in [2.05, 4.69) is 41.8 Å². The largest absolute Gasteiger partial charge is 0.375 e. The molecule has 3 heterocycles. The van der Waals surface area contributed by atoms with Gasteiger partial charge in [-0.15, -0.1) is 11.3 Å². The van der Waals surface area contributed by atoms with Crippen LogP contribution in [0.5, 0.6) is 0 Å². The second-order valence-corrected chi connectivity index (χ2v) is 6.87. The number of hydrogen-bond donors (Lipinski definition) is 1. The Bertz CT molecular complexity index is 544. The molecule has 0 saturated carbocycles. The van der Waals surface area contributed by atoms with Gasteiger partial charge < -0.3 is 5.73 Å². The number of nitrogens with two attached hydrogens (primary N) is 1. The van der Waals surface area contributed by atoms with Crippen LogP contribution in [0.2, 0.25) is 0 Å². The van der Waals surface area contributed by atoms with Gasteiger partial charge in [0.25, 0.3) is 0 Å². The lowest BCUT2D eigenvalue weighted by Gasteiger charge is -2.31. The van der Waals surface area contributed by atoms with Crippen LogP contribution in [-0.4, -0.2) is 32.8 Å². The Morgan fingerprint density at radius 2 is 2.16 bits per heavy atom. The highest BCUT2D eigenvalue weighted by Crippen LogP contribution is 2.25. The molecule has 1 aliphatic rings.